The molecule has 1 atom stereocenters. The number of thioether (sulfide) groups is 1. The second-order valence-electron chi connectivity index (χ2n) is 5.95. The molecule has 8 nitrogen and oxygen atoms in total. The number of nitrogens with one attached hydrogen (secondary N) is 1. The monoisotopic (exact) mass is 418 g/mol. The van der Waals surface area contributed by atoms with Crippen LogP contribution in [-0.2, 0) is 20.9 Å². The summed E-state index contributed by atoms with van der Waals surface area (Å²) in [5.41, 5.74) is 0.286. The lowest BCUT2D eigenvalue weighted by molar-refractivity contribution is -0.150. The molecule has 0 saturated carbocycles. The lowest BCUT2D eigenvalue weighted by Gasteiger charge is -2.13. The number of carbonyl (C=O) groups is 2. The quantitative estimate of drug-likeness (QED) is 0.442. The number of benzene rings is 1. The zero-order valence-corrected chi connectivity index (χ0v) is 16.6. The van der Waals surface area contributed by atoms with Gasteiger partial charge in [0, 0.05) is 12.2 Å². The summed E-state index contributed by atoms with van der Waals surface area (Å²) >= 11 is 1.15. The number of nitrogens with zero attached hydrogens (tertiary/aromatic N) is 3. The topological polar surface area (TPSA) is 99.2 Å². The Hall–Kier alpha value is -3.14. The molecule has 0 aliphatic carbocycles. The third kappa shape index (κ3) is 5.23. The van der Waals surface area contributed by atoms with Crippen molar-refractivity contribution in [3.8, 4) is 11.6 Å². The number of hydrogen-bond donors (Lipinski definition) is 1. The SMILES string of the molecule is CCn1c(SCC(=O)O[C@H](C)C(=O)Nc2cccc(F)c2)nnc1-c1ccco1. The molecule has 0 unspecified atom stereocenters. The van der Waals surface area contributed by atoms with E-state index in [1.54, 1.807) is 24.5 Å². The minimum atomic E-state index is -1.03. The number of carbonyl (C=O) groups excluding carboxylic acids is 2. The van der Waals surface area contributed by atoms with Crippen molar-refractivity contribution in [3.63, 3.8) is 0 Å². The van der Waals surface area contributed by atoms with Crippen molar-refractivity contribution >= 4 is 29.3 Å². The van der Waals surface area contributed by atoms with Crippen LogP contribution in [0.3, 0.4) is 0 Å². The molecule has 2 heterocycles. The molecule has 10 heteroatoms. The summed E-state index contributed by atoms with van der Waals surface area (Å²) in [6.45, 7) is 3.96. The number of anilines is 1. The third-order valence-electron chi connectivity index (χ3n) is 3.86. The Morgan fingerprint density at radius 1 is 1.31 bits per heavy atom. The minimum absolute atomic E-state index is 0.0477. The van der Waals surface area contributed by atoms with E-state index < -0.39 is 23.8 Å². The Bertz CT molecular complexity index is 990. The molecule has 0 bridgehead atoms. The Labute approximate surface area is 170 Å². The molecular weight excluding hydrogens is 399 g/mol. The largest absolute Gasteiger partial charge is 0.461 e. The number of esters is 1. The molecule has 0 spiro atoms. The molecule has 3 rings (SSSR count). The first kappa shape index (κ1) is 20.6. The standard InChI is InChI=1S/C19H19FN4O4S/c1-3-24-17(15-8-5-9-27-15)22-23-19(24)29-11-16(25)28-12(2)18(26)21-14-7-4-6-13(20)10-14/h4-10,12H,3,11H2,1-2H3,(H,21,26)/t12-/m1/s1. The summed E-state index contributed by atoms with van der Waals surface area (Å²) < 4.78 is 25.5. The highest BCUT2D eigenvalue weighted by Gasteiger charge is 2.20. The fourth-order valence-corrected chi connectivity index (χ4v) is 3.27. The number of amides is 1. The van der Waals surface area contributed by atoms with Gasteiger partial charge in [0.2, 0.25) is 0 Å². The van der Waals surface area contributed by atoms with Gasteiger partial charge in [-0.2, -0.15) is 0 Å². The van der Waals surface area contributed by atoms with E-state index in [0.29, 0.717) is 23.3 Å². The van der Waals surface area contributed by atoms with E-state index in [9.17, 15) is 14.0 Å². The minimum Gasteiger partial charge on any atom is -0.461 e. The maximum Gasteiger partial charge on any atom is 0.317 e. The molecule has 29 heavy (non-hydrogen) atoms. The smallest absolute Gasteiger partial charge is 0.317 e. The van der Waals surface area contributed by atoms with Crippen LogP contribution in [0.2, 0.25) is 0 Å². The first-order valence-electron chi connectivity index (χ1n) is 8.83. The number of rotatable bonds is 8. The van der Waals surface area contributed by atoms with Crippen LogP contribution in [0.25, 0.3) is 11.6 Å². The third-order valence-corrected chi connectivity index (χ3v) is 4.80. The van der Waals surface area contributed by atoms with E-state index >= 15 is 0 Å². The van der Waals surface area contributed by atoms with E-state index in [0.717, 1.165) is 11.8 Å². The second-order valence-corrected chi connectivity index (χ2v) is 6.89. The molecule has 0 fully saturated rings. The van der Waals surface area contributed by atoms with Gasteiger partial charge < -0.3 is 14.5 Å². The van der Waals surface area contributed by atoms with Gasteiger partial charge in [0.25, 0.3) is 5.91 Å². The van der Waals surface area contributed by atoms with E-state index in [2.05, 4.69) is 15.5 Å². The predicted molar refractivity (Wildman–Crippen MR) is 105 cm³/mol. The first-order valence-corrected chi connectivity index (χ1v) is 9.82. The van der Waals surface area contributed by atoms with Crippen LogP contribution in [0.15, 0.2) is 52.2 Å². The summed E-state index contributed by atoms with van der Waals surface area (Å²) in [5, 5.41) is 11.2. The predicted octanol–water partition coefficient (Wildman–Crippen LogP) is 3.36. The number of aromatic nitrogens is 3. The van der Waals surface area contributed by atoms with Crippen LogP contribution in [-0.4, -0.2) is 38.5 Å². The van der Waals surface area contributed by atoms with Crippen LogP contribution in [0.1, 0.15) is 13.8 Å². The zero-order chi connectivity index (χ0) is 20.8. The van der Waals surface area contributed by atoms with Gasteiger partial charge in [-0.3, -0.25) is 14.2 Å². The van der Waals surface area contributed by atoms with Crippen molar-refractivity contribution in [3.05, 3.63) is 48.5 Å². The van der Waals surface area contributed by atoms with E-state index in [-0.39, 0.29) is 11.4 Å². The zero-order valence-electron chi connectivity index (χ0n) is 15.8. The van der Waals surface area contributed by atoms with Gasteiger partial charge in [-0.15, -0.1) is 10.2 Å². The highest BCUT2D eigenvalue weighted by molar-refractivity contribution is 7.99. The van der Waals surface area contributed by atoms with Gasteiger partial charge in [0.05, 0.1) is 12.0 Å². The molecule has 1 amide bonds. The summed E-state index contributed by atoms with van der Waals surface area (Å²) in [6.07, 6.45) is 0.513. The van der Waals surface area contributed by atoms with Crippen molar-refractivity contribution in [1.82, 2.24) is 14.8 Å². The molecule has 3 aromatic rings. The summed E-state index contributed by atoms with van der Waals surface area (Å²) in [6, 6.07) is 8.99. The number of hydrogen-bond acceptors (Lipinski definition) is 7. The molecular formula is C19H19FN4O4S. The van der Waals surface area contributed by atoms with Crippen molar-refractivity contribution < 1.29 is 23.1 Å². The fraction of sp³-hybridized carbons (Fsp3) is 0.263. The Balaban J connectivity index is 1.54. The van der Waals surface area contributed by atoms with Gasteiger partial charge in [0.1, 0.15) is 5.82 Å². The molecule has 0 radical (unpaired) electrons. The van der Waals surface area contributed by atoms with Gasteiger partial charge in [0.15, 0.2) is 22.8 Å². The molecule has 1 aromatic carbocycles. The van der Waals surface area contributed by atoms with E-state index in [4.69, 9.17) is 9.15 Å². The maximum atomic E-state index is 13.2. The summed E-state index contributed by atoms with van der Waals surface area (Å²) in [4.78, 5) is 24.2. The van der Waals surface area contributed by atoms with Crippen molar-refractivity contribution in [2.75, 3.05) is 11.1 Å². The lowest BCUT2D eigenvalue weighted by Crippen LogP contribution is -2.30. The van der Waals surface area contributed by atoms with Crippen LogP contribution in [0.5, 0.6) is 0 Å². The molecule has 0 aliphatic heterocycles. The van der Waals surface area contributed by atoms with E-state index in [1.807, 2.05) is 11.5 Å². The Morgan fingerprint density at radius 3 is 2.83 bits per heavy atom. The van der Waals surface area contributed by atoms with Crippen LogP contribution < -0.4 is 5.32 Å². The molecule has 152 valence electrons. The van der Waals surface area contributed by atoms with Crippen LogP contribution in [0.4, 0.5) is 10.1 Å². The van der Waals surface area contributed by atoms with Crippen molar-refractivity contribution in [1.29, 1.82) is 0 Å². The lowest BCUT2D eigenvalue weighted by atomic mass is 10.3. The Kier molecular flexibility index (Phi) is 6.65. The van der Waals surface area contributed by atoms with Gasteiger partial charge in [-0.05, 0) is 44.2 Å². The van der Waals surface area contributed by atoms with Gasteiger partial charge >= 0.3 is 5.97 Å². The fourth-order valence-electron chi connectivity index (χ4n) is 2.49. The van der Waals surface area contributed by atoms with E-state index in [1.165, 1.54) is 25.1 Å². The van der Waals surface area contributed by atoms with Crippen molar-refractivity contribution in [2.24, 2.45) is 0 Å². The van der Waals surface area contributed by atoms with Crippen molar-refractivity contribution in [2.45, 2.75) is 31.7 Å². The summed E-state index contributed by atoms with van der Waals surface area (Å²) in [5.74, 6) is -0.508. The van der Waals surface area contributed by atoms with Crippen LogP contribution in [0, 0.1) is 5.82 Å². The highest BCUT2D eigenvalue weighted by Crippen LogP contribution is 2.24. The van der Waals surface area contributed by atoms with Gasteiger partial charge in [-0.1, -0.05) is 17.8 Å². The first-order chi connectivity index (χ1) is 14.0. The van der Waals surface area contributed by atoms with Gasteiger partial charge in [-0.25, -0.2) is 4.39 Å². The average molecular weight is 418 g/mol. The maximum absolute atomic E-state index is 13.2. The highest BCUT2D eigenvalue weighted by atomic mass is 32.2. The normalized spacial score (nSPS) is 11.8. The molecule has 0 saturated heterocycles. The number of furan rings is 1. The molecule has 0 aliphatic rings. The summed E-state index contributed by atoms with van der Waals surface area (Å²) in [7, 11) is 0. The van der Waals surface area contributed by atoms with Crippen LogP contribution >= 0.6 is 11.8 Å². The Morgan fingerprint density at radius 2 is 2.14 bits per heavy atom. The number of ether oxygens (including phenoxy) is 1. The molecule has 2 aromatic heterocycles. The second kappa shape index (κ2) is 9.37. The molecule has 1 N–H and O–H groups in total. The average Bonchev–Trinajstić information content (AvgIpc) is 3.35. The number of halogens is 1.